The van der Waals surface area contributed by atoms with Crippen molar-refractivity contribution in [2.75, 3.05) is 13.1 Å². The van der Waals surface area contributed by atoms with Crippen LogP contribution in [0.2, 0.25) is 0 Å². The van der Waals surface area contributed by atoms with Crippen LogP contribution in [0.1, 0.15) is 34.4 Å². The van der Waals surface area contributed by atoms with Crippen molar-refractivity contribution in [2.24, 2.45) is 0 Å². The van der Waals surface area contributed by atoms with E-state index in [1.165, 1.54) is 0 Å². The van der Waals surface area contributed by atoms with E-state index < -0.39 is 6.04 Å². The maximum atomic E-state index is 12.8. The fraction of sp³-hybridized carbons (Fsp3) is 0.389. The van der Waals surface area contributed by atoms with Gasteiger partial charge in [0.15, 0.2) is 0 Å². The fourth-order valence-electron chi connectivity index (χ4n) is 2.88. The molecule has 132 valence electrons. The minimum atomic E-state index is -0.413. The van der Waals surface area contributed by atoms with Gasteiger partial charge in [-0.3, -0.25) is 9.59 Å². The van der Waals surface area contributed by atoms with Crippen molar-refractivity contribution in [3.63, 3.8) is 0 Å². The SMILES string of the molecule is CCC1C(=O)NCCN1C(=O)c1cccc(OCc2csc(C)n2)c1. The van der Waals surface area contributed by atoms with Crippen LogP contribution in [0, 0.1) is 6.92 Å². The van der Waals surface area contributed by atoms with Gasteiger partial charge in [-0.05, 0) is 31.5 Å². The molecule has 2 amide bonds. The smallest absolute Gasteiger partial charge is 0.254 e. The monoisotopic (exact) mass is 359 g/mol. The lowest BCUT2D eigenvalue weighted by Gasteiger charge is -2.34. The number of aromatic nitrogens is 1. The van der Waals surface area contributed by atoms with Gasteiger partial charge in [0, 0.05) is 24.0 Å². The van der Waals surface area contributed by atoms with Crippen LogP contribution >= 0.6 is 11.3 Å². The second-order valence-electron chi connectivity index (χ2n) is 5.89. The molecule has 1 N–H and O–H groups in total. The number of carbonyl (C=O) groups excluding carboxylic acids is 2. The summed E-state index contributed by atoms with van der Waals surface area (Å²) < 4.78 is 5.75. The summed E-state index contributed by atoms with van der Waals surface area (Å²) in [6, 6.07) is 6.67. The molecule has 6 nitrogen and oxygen atoms in total. The molecule has 0 bridgehead atoms. The summed E-state index contributed by atoms with van der Waals surface area (Å²) in [5.41, 5.74) is 1.40. The summed E-state index contributed by atoms with van der Waals surface area (Å²) in [6.07, 6.45) is 0.594. The third kappa shape index (κ3) is 3.99. The topological polar surface area (TPSA) is 71.5 Å². The number of benzene rings is 1. The molecule has 1 atom stereocenters. The summed E-state index contributed by atoms with van der Waals surface area (Å²) in [7, 11) is 0. The number of aryl methyl sites for hydroxylation is 1. The zero-order chi connectivity index (χ0) is 17.8. The standard InChI is InChI=1S/C18H21N3O3S/c1-3-16-17(22)19-7-8-21(16)18(23)13-5-4-6-15(9-13)24-10-14-11-25-12(2)20-14/h4-6,9,11,16H,3,7-8,10H2,1-2H3,(H,19,22). The van der Waals surface area contributed by atoms with Gasteiger partial charge >= 0.3 is 0 Å². The van der Waals surface area contributed by atoms with Gasteiger partial charge in [0.2, 0.25) is 5.91 Å². The summed E-state index contributed by atoms with van der Waals surface area (Å²) in [5, 5.41) is 5.77. The van der Waals surface area contributed by atoms with Crippen molar-refractivity contribution in [3.05, 3.63) is 45.9 Å². The first-order valence-corrected chi connectivity index (χ1v) is 9.19. The van der Waals surface area contributed by atoms with Crippen LogP contribution in [0.4, 0.5) is 0 Å². The number of thiazole rings is 1. The Kier molecular flexibility index (Phi) is 5.33. The maximum absolute atomic E-state index is 12.8. The average Bonchev–Trinajstić information content (AvgIpc) is 3.04. The minimum Gasteiger partial charge on any atom is -0.487 e. The second-order valence-corrected chi connectivity index (χ2v) is 6.95. The van der Waals surface area contributed by atoms with Gasteiger partial charge in [-0.2, -0.15) is 0 Å². The lowest BCUT2D eigenvalue weighted by molar-refractivity contribution is -0.127. The van der Waals surface area contributed by atoms with E-state index in [2.05, 4.69) is 10.3 Å². The summed E-state index contributed by atoms with van der Waals surface area (Å²) in [6.45, 7) is 5.23. The fourth-order valence-corrected chi connectivity index (χ4v) is 3.48. The molecule has 1 aliphatic heterocycles. The van der Waals surface area contributed by atoms with Crippen molar-refractivity contribution in [2.45, 2.75) is 32.9 Å². The van der Waals surface area contributed by atoms with Crippen LogP contribution in [0.25, 0.3) is 0 Å². The molecule has 3 rings (SSSR count). The normalized spacial score (nSPS) is 17.3. The average molecular weight is 359 g/mol. The number of ether oxygens (including phenoxy) is 1. The van der Waals surface area contributed by atoms with Crippen LogP contribution in [-0.4, -0.2) is 40.8 Å². The number of amides is 2. The molecule has 0 spiro atoms. The number of carbonyl (C=O) groups is 2. The van der Waals surface area contributed by atoms with Gasteiger partial charge in [-0.15, -0.1) is 11.3 Å². The van der Waals surface area contributed by atoms with Gasteiger partial charge in [-0.25, -0.2) is 4.98 Å². The van der Waals surface area contributed by atoms with E-state index in [1.807, 2.05) is 25.3 Å². The molecule has 2 heterocycles. The summed E-state index contributed by atoms with van der Waals surface area (Å²) >= 11 is 1.58. The number of hydrogen-bond acceptors (Lipinski definition) is 5. The molecule has 1 unspecified atom stereocenters. The highest BCUT2D eigenvalue weighted by molar-refractivity contribution is 7.09. The van der Waals surface area contributed by atoms with E-state index in [0.29, 0.717) is 37.4 Å². The zero-order valence-corrected chi connectivity index (χ0v) is 15.1. The van der Waals surface area contributed by atoms with E-state index in [4.69, 9.17) is 4.74 Å². The van der Waals surface area contributed by atoms with Crippen LogP contribution in [-0.2, 0) is 11.4 Å². The van der Waals surface area contributed by atoms with Crippen LogP contribution in [0.15, 0.2) is 29.6 Å². The van der Waals surface area contributed by atoms with Gasteiger partial charge in [-0.1, -0.05) is 13.0 Å². The molecule has 1 aromatic carbocycles. The molecule has 1 aromatic heterocycles. The first-order valence-electron chi connectivity index (χ1n) is 8.31. The number of nitrogens with zero attached hydrogens (tertiary/aromatic N) is 2. The molecule has 0 saturated carbocycles. The van der Waals surface area contributed by atoms with Gasteiger partial charge in [0.05, 0.1) is 10.7 Å². The Balaban J connectivity index is 1.71. The third-order valence-corrected chi connectivity index (χ3v) is 4.93. The van der Waals surface area contributed by atoms with E-state index >= 15 is 0 Å². The first kappa shape index (κ1) is 17.4. The molecular weight excluding hydrogens is 338 g/mol. The Morgan fingerprint density at radius 2 is 2.32 bits per heavy atom. The molecule has 1 saturated heterocycles. The molecule has 2 aromatic rings. The number of nitrogens with one attached hydrogen (secondary N) is 1. The zero-order valence-electron chi connectivity index (χ0n) is 14.3. The molecule has 1 fully saturated rings. The Hall–Kier alpha value is -2.41. The van der Waals surface area contributed by atoms with Gasteiger partial charge < -0.3 is 15.0 Å². The maximum Gasteiger partial charge on any atom is 0.254 e. The third-order valence-electron chi connectivity index (χ3n) is 4.11. The van der Waals surface area contributed by atoms with Crippen molar-refractivity contribution in [1.82, 2.24) is 15.2 Å². The van der Waals surface area contributed by atoms with Crippen LogP contribution < -0.4 is 10.1 Å². The largest absolute Gasteiger partial charge is 0.487 e. The van der Waals surface area contributed by atoms with E-state index in [1.54, 1.807) is 34.4 Å². The highest BCUT2D eigenvalue weighted by Crippen LogP contribution is 2.19. The molecule has 7 heteroatoms. The number of piperazine rings is 1. The quantitative estimate of drug-likeness (QED) is 0.890. The lowest BCUT2D eigenvalue weighted by atomic mass is 10.1. The van der Waals surface area contributed by atoms with Crippen molar-refractivity contribution in [3.8, 4) is 5.75 Å². The molecule has 0 aliphatic carbocycles. The Morgan fingerprint density at radius 3 is 3.04 bits per heavy atom. The minimum absolute atomic E-state index is 0.0894. The highest BCUT2D eigenvalue weighted by atomic mass is 32.1. The Bertz CT molecular complexity index is 774. The van der Waals surface area contributed by atoms with E-state index in [9.17, 15) is 9.59 Å². The lowest BCUT2D eigenvalue weighted by Crippen LogP contribution is -2.56. The second kappa shape index (κ2) is 7.65. The van der Waals surface area contributed by atoms with Crippen LogP contribution in [0.3, 0.4) is 0 Å². The van der Waals surface area contributed by atoms with Crippen molar-refractivity contribution < 1.29 is 14.3 Å². The number of hydrogen-bond donors (Lipinski definition) is 1. The molecule has 1 aliphatic rings. The Labute approximate surface area is 150 Å². The van der Waals surface area contributed by atoms with Crippen molar-refractivity contribution in [1.29, 1.82) is 0 Å². The predicted molar refractivity (Wildman–Crippen MR) is 95.8 cm³/mol. The first-order chi connectivity index (χ1) is 12.1. The van der Waals surface area contributed by atoms with Crippen LogP contribution in [0.5, 0.6) is 5.75 Å². The van der Waals surface area contributed by atoms with Gasteiger partial charge in [0.25, 0.3) is 5.91 Å². The number of rotatable bonds is 5. The summed E-state index contributed by atoms with van der Waals surface area (Å²) in [5.74, 6) is 0.385. The van der Waals surface area contributed by atoms with Gasteiger partial charge in [0.1, 0.15) is 18.4 Å². The molecule has 0 radical (unpaired) electrons. The van der Waals surface area contributed by atoms with Crippen molar-refractivity contribution >= 4 is 23.2 Å². The molecule has 25 heavy (non-hydrogen) atoms. The van der Waals surface area contributed by atoms with E-state index in [0.717, 1.165) is 10.7 Å². The molecular formula is C18H21N3O3S. The summed E-state index contributed by atoms with van der Waals surface area (Å²) in [4.78, 5) is 30.8. The van der Waals surface area contributed by atoms with E-state index in [-0.39, 0.29) is 11.8 Å². The Morgan fingerprint density at radius 1 is 1.48 bits per heavy atom. The predicted octanol–water partition coefficient (Wildman–Crippen LogP) is 2.38. The highest BCUT2D eigenvalue weighted by Gasteiger charge is 2.32.